The fourth-order valence-electron chi connectivity index (χ4n) is 2.42. The number of hydrogen-bond acceptors (Lipinski definition) is 2. The minimum Gasteiger partial charge on any atom is -1.00 e. The molecule has 2 N–H and O–H groups in total. The number of halogens is 2. The number of benzene rings is 2. The second kappa shape index (κ2) is 8.25. The highest BCUT2D eigenvalue weighted by molar-refractivity contribution is 6.37. The van der Waals surface area contributed by atoms with Crippen LogP contribution in [0.25, 0.3) is 10.8 Å². The molecule has 0 unspecified atom stereocenters. The fraction of sp³-hybridized carbons (Fsp3) is 0.222. The number of hydrogen-bond donors (Lipinski definition) is 1. The summed E-state index contributed by atoms with van der Waals surface area (Å²) in [5.41, 5.74) is 0. The Bertz CT molecular complexity index is 771. The lowest BCUT2D eigenvalue weighted by Crippen LogP contribution is -3.00. The standard InChI is InChI=1S/C18H18ClNO2.ClH/c1-13-6-8-15(22-13)12-20-10-11-21-17-9-7-14-4-2-3-5-16(14)18(17)19;/h2-9,20H,10-12H2,1H3;1H. The van der Waals surface area contributed by atoms with Crippen molar-refractivity contribution < 1.29 is 26.9 Å². The molecule has 1 aromatic heterocycles. The van der Waals surface area contributed by atoms with E-state index in [1.54, 1.807) is 0 Å². The first-order valence-electron chi connectivity index (χ1n) is 7.41. The van der Waals surface area contributed by atoms with Crippen molar-refractivity contribution in [2.45, 2.75) is 13.5 Å². The number of fused-ring (bicyclic) bond motifs is 1. The van der Waals surface area contributed by atoms with Crippen LogP contribution < -0.4 is 22.5 Å². The van der Waals surface area contributed by atoms with Crippen molar-refractivity contribution in [3.05, 3.63) is 65.1 Å². The Morgan fingerprint density at radius 1 is 1.09 bits per heavy atom. The zero-order valence-electron chi connectivity index (χ0n) is 12.9. The topological polar surface area (TPSA) is 39.0 Å². The maximum atomic E-state index is 6.40. The van der Waals surface area contributed by atoms with Crippen LogP contribution in [0.3, 0.4) is 0 Å². The van der Waals surface area contributed by atoms with E-state index in [0.29, 0.717) is 11.6 Å². The Labute approximate surface area is 147 Å². The third-order valence-electron chi connectivity index (χ3n) is 3.55. The zero-order valence-corrected chi connectivity index (χ0v) is 14.4. The van der Waals surface area contributed by atoms with Crippen molar-refractivity contribution in [3.63, 3.8) is 0 Å². The Morgan fingerprint density at radius 3 is 2.70 bits per heavy atom. The summed E-state index contributed by atoms with van der Waals surface area (Å²) in [5.74, 6) is 2.67. The van der Waals surface area contributed by atoms with Crippen molar-refractivity contribution in [1.29, 1.82) is 0 Å². The van der Waals surface area contributed by atoms with E-state index in [1.807, 2.05) is 55.5 Å². The van der Waals surface area contributed by atoms with Gasteiger partial charge >= 0.3 is 0 Å². The minimum absolute atomic E-state index is 0. The predicted octanol–water partition coefficient (Wildman–Crippen LogP) is 0.541. The summed E-state index contributed by atoms with van der Waals surface area (Å²) in [6.07, 6.45) is 0. The highest BCUT2D eigenvalue weighted by atomic mass is 35.5. The molecule has 0 amide bonds. The fourth-order valence-corrected chi connectivity index (χ4v) is 2.71. The SMILES string of the molecule is Cc1ccc(C[NH2+]CCOc2ccc3ccccc3c2Cl)o1.[Cl-]. The molecule has 3 nitrogen and oxygen atoms in total. The number of nitrogens with two attached hydrogens (primary N) is 1. The predicted molar refractivity (Wildman–Crippen MR) is 88.4 cm³/mol. The van der Waals surface area contributed by atoms with Crippen molar-refractivity contribution in [3.8, 4) is 5.75 Å². The summed E-state index contributed by atoms with van der Waals surface area (Å²) in [5, 5.41) is 4.99. The average Bonchev–Trinajstić information content (AvgIpc) is 2.95. The molecular formula is C18H19Cl2NO2. The maximum Gasteiger partial charge on any atom is 0.158 e. The first kappa shape index (κ1) is 17.7. The molecule has 0 spiro atoms. The first-order valence-corrected chi connectivity index (χ1v) is 7.79. The largest absolute Gasteiger partial charge is 1.00 e. The van der Waals surface area contributed by atoms with Gasteiger partial charge in [-0.25, -0.2) is 0 Å². The maximum absolute atomic E-state index is 6.40. The zero-order chi connectivity index (χ0) is 15.4. The molecule has 3 rings (SSSR count). The summed E-state index contributed by atoms with van der Waals surface area (Å²) in [6, 6.07) is 16.0. The van der Waals surface area contributed by atoms with Crippen molar-refractivity contribution in [2.24, 2.45) is 0 Å². The molecule has 0 atom stereocenters. The second-order valence-electron chi connectivity index (χ2n) is 5.24. The summed E-state index contributed by atoms with van der Waals surface area (Å²) < 4.78 is 11.3. The third kappa shape index (κ3) is 4.41. The molecule has 0 fully saturated rings. The van der Waals surface area contributed by atoms with E-state index >= 15 is 0 Å². The van der Waals surface area contributed by atoms with Gasteiger partial charge < -0.3 is 26.9 Å². The third-order valence-corrected chi connectivity index (χ3v) is 3.94. The average molecular weight is 352 g/mol. The Hall–Kier alpha value is -1.68. The number of ether oxygens (including phenoxy) is 1. The van der Waals surface area contributed by atoms with Crippen LogP contribution in [0.5, 0.6) is 5.75 Å². The monoisotopic (exact) mass is 351 g/mol. The van der Waals surface area contributed by atoms with E-state index < -0.39 is 0 Å². The normalized spacial score (nSPS) is 10.5. The van der Waals surface area contributed by atoms with Gasteiger partial charge in [-0.05, 0) is 30.5 Å². The summed E-state index contributed by atoms with van der Waals surface area (Å²) in [4.78, 5) is 0. The number of rotatable bonds is 6. The van der Waals surface area contributed by atoms with Crippen LogP contribution in [0, 0.1) is 6.92 Å². The number of furan rings is 1. The highest BCUT2D eigenvalue weighted by Crippen LogP contribution is 2.32. The summed E-state index contributed by atoms with van der Waals surface area (Å²) in [7, 11) is 0. The Morgan fingerprint density at radius 2 is 1.91 bits per heavy atom. The quantitative estimate of drug-likeness (QED) is 0.658. The molecule has 3 aromatic rings. The molecule has 1 heterocycles. The molecule has 0 radical (unpaired) electrons. The van der Waals surface area contributed by atoms with Crippen LogP contribution in [-0.2, 0) is 6.54 Å². The molecule has 23 heavy (non-hydrogen) atoms. The molecule has 5 heteroatoms. The van der Waals surface area contributed by atoms with E-state index in [1.165, 1.54) is 0 Å². The number of aryl methyl sites for hydroxylation is 1. The first-order chi connectivity index (χ1) is 10.7. The van der Waals surface area contributed by atoms with Crippen LogP contribution >= 0.6 is 11.6 Å². The van der Waals surface area contributed by atoms with Crippen LogP contribution in [0.1, 0.15) is 11.5 Å². The van der Waals surface area contributed by atoms with Gasteiger partial charge in [0.2, 0.25) is 0 Å². The van der Waals surface area contributed by atoms with Crippen molar-refractivity contribution in [1.82, 2.24) is 0 Å². The lowest BCUT2D eigenvalue weighted by Gasteiger charge is -2.09. The van der Waals surface area contributed by atoms with Gasteiger partial charge in [0.25, 0.3) is 0 Å². The van der Waals surface area contributed by atoms with Gasteiger partial charge in [-0.15, -0.1) is 0 Å². The number of quaternary nitrogens is 1. The van der Waals surface area contributed by atoms with E-state index in [2.05, 4.69) is 5.32 Å². The van der Waals surface area contributed by atoms with Gasteiger partial charge in [0, 0.05) is 5.39 Å². The lowest BCUT2D eigenvalue weighted by molar-refractivity contribution is -0.672. The minimum atomic E-state index is 0. The Kier molecular flexibility index (Phi) is 6.34. The van der Waals surface area contributed by atoms with Crippen LogP contribution in [0.15, 0.2) is 52.9 Å². The molecule has 0 saturated heterocycles. The molecule has 0 aliphatic heterocycles. The van der Waals surface area contributed by atoms with Gasteiger partial charge in [-0.3, -0.25) is 0 Å². The van der Waals surface area contributed by atoms with E-state index in [0.717, 1.165) is 41.1 Å². The summed E-state index contributed by atoms with van der Waals surface area (Å²) >= 11 is 6.40. The van der Waals surface area contributed by atoms with Gasteiger partial charge in [0.1, 0.15) is 31.2 Å². The smallest absolute Gasteiger partial charge is 0.158 e. The molecule has 0 bridgehead atoms. The highest BCUT2D eigenvalue weighted by Gasteiger charge is 2.06. The second-order valence-corrected chi connectivity index (χ2v) is 5.62. The molecule has 0 aliphatic carbocycles. The van der Waals surface area contributed by atoms with Gasteiger partial charge in [-0.1, -0.05) is 41.9 Å². The van der Waals surface area contributed by atoms with Gasteiger partial charge in [-0.2, -0.15) is 0 Å². The molecule has 2 aromatic carbocycles. The Balaban J connectivity index is 0.00000192. The van der Waals surface area contributed by atoms with E-state index in [4.69, 9.17) is 20.8 Å². The molecule has 0 aliphatic rings. The van der Waals surface area contributed by atoms with Crippen molar-refractivity contribution in [2.75, 3.05) is 13.2 Å². The van der Waals surface area contributed by atoms with Gasteiger partial charge in [0.15, 0.2) is 5.76 Å². The van der Waals surface area contributed by atoms with E-state index in [9.17, 15) is 0 Å². The van der Waals surface area contributed by atoms with Crippen LogP contribution in [-0.4, -0.2) is 13.2 Å². The molecule has 122 valence electrons. The molecule has 0 saturated carbocycles. The van der Waals surface area contributed by atoms with Crippen molar-refractivity contribution >= 4 is 22.4 Å². The van der Waals surface area contributed by atoms with Crippen LogP contribution in [0.4, 0.5) is 0 Å². The summed E-state index contributed by atoms with van der Waals surface area (Å²) in [6.45, 7) is 4.23. The van der Waals surface area contributed by atoms with E-state index in [-0.39, 0.29) is 12.4 Å². The lowest BCUT2D eigenvalue weighted by atomic mass is 10.1. The van der Waals surface area contributed by atoms with Crippen LogP contribution in [0.2, 0.25) is 5.02 Å². The molecular weight excluding hydrogens is 333 g/mol. The van der Waals surface area contributed by atoms with Gasteiger partial charge in [0.05, 0.1) is 5.02 Å².